The summed E-state index contributed by atoms with van der Waals surface area (Å²) in [6.07, 6.45) is 3.68. The van der Waals surface area contributed by atoms with E-state index in [2.05, 4.69) is 15.0 Å². The fourth-order valence-electron chi connectivity index (χ4n) is 21.1. The molecular weight excluding hydrogens is 1690 g/mol. The van der Waals surface area contributed by atoms with Crippen molar-refractivity contribution in [2.24, 2.45) is 28.2 Å². The van der Waals surface area contributed by atoms with Crippen LogP contribution in [0.2, 0.25) is 0 Å². The van der Waals surface area contributed by atoms with Crippen molar-refractivity contribution in [3.05, 3.63) is 325 Å². The number of aryl methyl sites for hydroxylation is 12. The number of pyridine rings is 9. The average Bonchev–Trinajstić information content (AvgIpc) is 1.52. The lowest BCUT2D eigenvalue weighted by Gasteiger charge is -2.28. The zero-order chi connectivity index (χ0) is 130. The molecule has 0 amide bonds. The van der Waals surface area contributed by atoms with E-state index in [1.165, 1.54) is 24.8 Å². The zero-order valence-electron chi connectivity index (χ0n) is 119. The first-order valence-corrected chi connectivity index (χ1v) is 45.7. The van der Waals surface area contributed by atoms with Crippen LogP contribution in [0.5, 0.6) is 0 Å². The van der Waals surface area contributed by atoms with Crippen LogP contribution in [0.25, 0.3) is 178 Å². The van der Waals surface area contributed by atoms with Crippen LogP contribution in [0.4, 0.5) is 0 Å². The quantitative estimate of drug-likeness (QED) is 0.123. The number of hydrogen-bond donors (Lipinski definition) is 0. The van der Waals surface area contributed by atoms with Gasteiger partial charge < -0.3 is 17.7 Å². The highest BCUT2D eigenvalue weighted by Crippen LogP contribution is 2.57. The molecule has 13 heteroatoms. The minimum atomic E-state index is -3.21. The summed E-state index contributed by atoms with van der Waals surface area (Å²) in [7, 11) is 6.97. The second-order valence-corrected chi connectivity index (χ2v) is 38.1. The number of benzene rings is 7. The number of fused-ring (bicyclic) bond motifs is 24. The maximum Gasteiger partial charge on any atom is 0.227 e. The van der Waals surface area contributed by atoms with E-state index in [0.717, 1.165) is 44.3 Å². The van der Waals surface area contributed by atoms with Crippen molar-refractivity contribution in [2.75, 3.05) is 0 Å². The first kappa shape index (κ1) is 56.1. The molecule has 0 radical (unpaired) electrons. The normalized spacial score (nSPS) is 21.2. The van der Waals surface area contributed by atoms with Crippen LogP contribution in [0, 0.1) is 55.1 Å². The maximum absolute atomic E-state index is 9.04. The molecule has 2 atom stereocenters. The van der Waals surface area contributed by atoms with Crippen LogP contribution in [0.1, 0.15) is 312 Å². The van der Waals surface area contributed by atoms with E-state index in [1.54, 1.807) is 218 Å². The molecule has 13 nitrogen and oxygen atoms in total. The topological polar surface area (TPSA) is 133 Å². The van der Waals surface area contributed by atoms with Crippen LogP contribution in [0.15, 0.2) is 231 Å². The van der Waals surface area contributed by atoms with E-state index in [4.69, 9.17) is 81.1 Å². The molecule has 24 rings (SSSR count). The van der Waals surface area contributed by atoms with Crippen LogP contribution in [-0.2, 0) is 49.9 Å². The summed E-state index contributed by atoms with van der Waals surface area (Å²) < 4.78 is 359. The number of rotatable bonds is 10. The van der Waals surface area contributed by atoms with Gasteiger partial charge in [0, 0.05) is 193 Å². The highest BCUT2D eigenvalue weighted by molar-refractivity contribution is 6.14. The highest BCUT2D eigenvalue weighted by Gasteiger charge is 2.46. The Morgan fingerprint density at radius 1 is 0.326 bits per heavy atom. The summed E-state index contributed by atoms with van der Waals surface area (Å²) in [5, 5.41) is 5.19. The summed E-state index contributed by atoms with van der Waals surface area (Å²) in [4.78, 5) is 23.3. The van der Waals surface area contributed by atoms with Crippen LogP contribution in [0.3, 0.4) is 0 Å². The van der Waals surface area contributed by atoms with Gasteiger partial charge in [-0.15, -0.1) is 0 Å². The number of aromatic nitrogens is 9. The third-order valence-corrected chi connectivity index (χ3v) is 28.2. The number of hydrogen-bond acceptors (Lipinski definition) is 9. The number of nitrogens with zero attached hydrogens (tertiary/aromatic N) is 9. The third kappa shape index (κ3) is 13.8. The zero-order valence-corrected chi connectivity index (χ0v) is 79.6. The lowest BCUT2D eigenvalue weighted by atomic mass is 9.76. The summed E-state index contributed by atoms with van der Waals surface area (Å²) in [5.41, 5.74) is 10.1. The van der Waals surface area contributed by atoms with Crippen molar-refractivity contribution in [3.63, 3.8) is 0 Å². The Morgan fingerprint density at radius 3 is 1.06 bits per heavy atom. The molecule has 0 N–H and O–H groups in total. The van der Waals surface area contributed by atoms with E-state index >= 15 is 0 Å². The smallest absolute Gasteiger partial charge is 0.227 e. The van der Waals surface area contributed by atoms with E-state index < -0.39 is 133 Å². The molecule has 13 aromatic heterocycles. The first-order valence-electron chi connectivity index (χ1n) is 65.2. The van der Waals surface area contributed by atoms with Crippen molar-refractivity contribution in [2.45, 2.75) is 223 Å². The van der Waals surface area contributed by atoms with Crippen LogP contribution < -0.4 is 18.3 Å². The average molecular weight is 1860 g/mol. The van der Waals surface area contributed by atoms with E-state index in [1.807, 2.05) is 107 Å². The van der Waals surface area contributed by atoms with Gasteiger partial charge in [-0.3, -0.25) is 4.98 Å². The first-order chi connectivity index (χ1) is 81.2. The van der Waals surface area contributed by atoms with Gasteiger partial charge in [-0.05, 0) is 213 Å². The second kappa shape index (κ2) is 32.9. The monoisotopic (exact) mass is 1860 g/mol. The van der Waals surface area contributed by atoms with E-state index in [0.29, 0.717) is 172 Å². The molecule has 4 aliphatic rings. The molecule has 0 saturated heterocycles. The summed E-state index contributed by atoms with van der Waals surface area (Å²) in [6.45, 7) is -7.32. The van der Waals surface area contributed by atoms with Crippen molar-refractivity contribution >= 4 is 88.3 Å². The summed E-state index contributed by atoms with van der Waals surface area (Å²) in [5.74, 6) is -4.84. The highest BCUT2D eigenvalue weighted by atomic mass is 16.4. The van der Waals surface area contributed by atoms with Gasteiger partial charge >= 0.3 is 0 Å². The predicted molar refractivity (Wildman–Crippen MR) is 564 cm³/mol. The molecule has 0 saturated carbocycles. The molecule has 2 unspecified atom stereocenters. The SMILES string of the molecule is [2H]C([2H])([2H])CC1(C([2H])([2H])C([2H])([2H])[2H])c2ccccc2-c2cc3c(nc21)oc1c(-c2cc(C([2H])(C)C)c(C([2H])([2H])[2H])c[n+]2C)c(C)ccc13.[2H]C([2H])([2H])c1c[n+](C)c(-c2c(C)ccc3c2oc2nc4c(cc23)-c2ccccc2C4(C([2H])([2H])[2H])C([2H])([2H])[2H])cc1C([2H])(C)C.[2H]C([2H])([2H])c1c[n+](C)c(-c2c(C)ccc3c2oc2nc4c(cc23)-c2cccnc2C4(C([2H])([2H])[2H])C([2H])([2H])[2H])cc1C([2H])(C)C.[2H]C([2H])([2H])c1c[n+](C)c(-c2c(C)ccc3c2oc2nc4c(cc23)C(C)(C([2H])([2H])[2H])c2ccccc2-4)cc1C([2H])(C)C. The molecule has 7 aromatic carbocycles. The minimum absolute atomic E-state index is 0.0170. The Hall–Kier alpha value is -13.9. The Labute approximate surface area is 865 Å². The molecule has 0 bridgehead atoms. The molecular formula is C125H127N9O4+4. The van der Waals surface area contributed by atoms with E-state index in [-0.39, 0.29) is 73.3 Å². The Kier molecular flexibility index (Phi) is 13.4. The van der Waals surface area contributed by atoms with Crippen molar-refractivity contribution < 1.29 is 89.4 Å². The minimum Gasteiger partial charge on any atom is -0.437 e. The van der Waals surface area contributed by atoms with Crippen molar-refractivity contribution in [1.82, 2.24) is 24.9 Å². The molecule has 20 aromatic rings. The van der Waals surface area contributed by atoms with Crippen molar-refractivity contribution in [3.8, 4) is 89.7 Å². The second-order valence-electron chi connectivity index (χ2n) is 38.1. The third-order valence-electron chi connectivity index (χ3n) is 28.2. The van der Waals surface area contributed by atoms with Gasteiger partial charge in [0.2, 0.25) is 45.6 Å². The van der Waals surface area contributed by atoms with Gasteiger partial charge in [0.1, 0.15) is 28.2 Å². The van der Waals surface area contributed by atoms with Gasteiger partial charge in [0.15, 0.2) is 47.1 Å². The fraction of sp³-hybridized carbons (Fsp3) is 0.304. The maximum atomic E-state index is 9.04. The standard InChI is InChI=1S/C33H35N2O.2C31H31N2O.C30H30N3O/c1-8-33(9-2)27-13-11-10-12-22(27)25-16-26-23-15-14-20(5)29(30(23)36-32(26)34-31(25)33)28-17-24(19(3)4)21(6)18-35(28)7;1-17(2)22-15-26(33(7)16-19(22)4)27-18(3)12-13-20-23-14-25-28(32-30(23)34-29(20)27)21-10-8-9-11-24(21)31(25,5)6;1-17(2)22-15-26(33(7)16-19(22)4)27-18(3)12-13-21-24-14-23-20-10-8-9-11-25(20)31(5,6)29(23)32-30(24)34-28(21)27;1-16(2)21-14-24(33(7)15-18(21)4)25-17(3)10-11-19-23-13-22-20-9-8-12-31-27(20)30(5,6)28(22)32-29(23)34-26(19)25/h10-19H,8-9H2,1-7H3;2*8-17H,1-7H3;8-16H,1-7H3/q4*+1/i1D3,2D3,6D3,8D2,19D;4D3,5D3,17D;4D3,5D3,6D3,17D;4D3,5D3,6D3,16D. The molecule has 0 aliphatic heterocycles. The lowest BCUT2D eigenvalue weighted by molar-refractivity contribution is -0.660. The Bertz CT molecular complexity index is 10000. The lowest BCUT2D eigenvalue weighted by Crippen LogP contribution is -2.32. The van der Waals surface area contributed by atoms with Gasteiger partial charge in [0.25, 0.3) is 0 Å². The van der Waals surface area contributed by atoms with E-state index in [9.17, 15) is 0 Å². The fourth-order valence-corrected chi connectivity index (χ4v) is 21.1. The molecule has 4 aliphatic carbocycles. The summed E-state index contributed by atoms with van der Waals surface area (Å²) in [6, 6.07) is 53.3. The number of furan rings is 4. The van der Waals surface area contributed by atoms with Crippen molar-refractivity contribution in [1.29, 1.82) is 0 Å². The molecule has 0 fully saturated rings. The Balaban J connectivity index is 0.000000133. The largest absolute Gasteiger partial charge is 0.437 e. The van der Waals surface area contributed by atoms with Crippen LogP contribution >= 0.6 is 0 Å². The molecule has 13 heterocycles. The summed E-state index contributed by atoms with van der Waals surface area (Å²) >= 11 is 0. The molecule has 692 valence electrons. The molecule has 0 spiro atoms. The van der Waals surface area contributed by atoms with Gasteiger partial charge in [-0.2, -0.15) is 0 Å². The van der Waals surface area contributed by atoms with Gasteiger partial charge in [0.05, 0.1) is 56.1 Å². The molecule has 138 heavy (non-hydrogen) atoms. The van der Waals surface area contributed by atoms with Gasteiger partial charge in [-0.25, -0.2) is 38.2 Å². The predicted octanol–water partition coefficient (Wildman–Crippen LogP) is 30.3. The Morgan fingerprint density at radius 2 is 0.667 bits per heavy atom. The van der Waals surface area contributed by atoms with Gasteiger partial charge in [-0.1, -0.05) is 224 Å². The van der Waals surface area contributed by atoms with Crippen LogP contribution in [-0.4, -0.2) is 24.9 Å².